The molecule has 0 aliphatic heterocycles. The average Bonchev–Trinajstić information content (AvgIpc) is 3.46. The summed E-state index contributed by atoms with van der Waals surface area (Å²) in [6.45, 7) is 5.86. The van der Waals surface area contributed by atoms with Gasteiger partial charge in [0.15, 0.2) is 10.9 Å². The molecule has 166 valence electrons. The zero-order valence-corrected chi connectivity index (χ0v) is 19.2. The molecule has 2 aromatic heterocycles. The molecule has 0 saturated carbocycles. The minimum atomic E-state index is 0.228. The third kappa shape index (κ3) is 5.70. The molecular formula is C23H30N4O3S. The van der Waals surface area contributed by atoms with E-state index in [1.165, 1.54) is 0 Å². The Morgan fingerprint density at radius 2 is 1.90 bits per heavy atom. The van der Waals surface area contributed by atoms with E-state index in [4.69, 9.17) is 9.15 Å². The molecule has 0 aliphatic rings. The van der Waals surface area contributed by atoms with Crippen LogP contribution in [-0.4, -0.2) is 51.5 Å². The number of carbonyl (C=O) groups excluding carboxylic acids is 1. The first-order valence-corrected chi connectivity index (χ1v) is 11.7. The van der Waals surface area contributed by atoms with Gasteiger partial charge in [-0.1, -0.05) is 37.7 Å². The lowest BCUT2D eigenvalue weighted by molar-refractivity contribution is -0.131. The van der Waals surface area contributed by atoms with E-state index in [1.807, 2.05) is 45.9 Å². The van der Waals surface area contributed by atoms with Crippen LogP contribution < -0.4 is 4.74 Å². The van der Waals surface area contributed by atoms with Gasteiger partial charge in [-0.05, 0) is 43.5 Å². The number of benzene rings is 1. The smallest absolute Gasteiger partial charge is 0.222 e. The molecule has 1 aromatic carbocycles. The molecule has 0 radical (unpaired) electrons. The number of nitrogens with zero attached hydrogens (tertiary/aromatic N) is 4. The van der Waals surface area contributed by atoms with Crippen LogP contribution in [0.3, 0.4) is 0 Å². The van der Waals surface area contributed by atoms with Gasteiger partial charge in [0.2, 0.25) is 11.7 Å². The van der Waals surface area contributed by atoms with Crippen LogP contribution >= 0.6 is 11.8 Å². The number of thioether (sulfide) groups is 1. The lowest BCUT2D eigenvalue weighted by Gasteiger charge is -2.21. The van der Waals surface area contributed by atoms with Crippen LogP contribution in [0, 0.1) is 0 Å². The first-order valence-electron chi connectivity index (χ1n) is 10.7. The summed E-state index contributed by atoms with van der Waals surface area (Å²) in [5.41, 5.74) is 0.844. The van der Waals surface area contributed by atoms with Crippen molar-refractivity contribution in [2.24, 2.45) is 0 Å². The van der Waals surface area contributed by atoms with Gasteiger partial charge < -0.3 is 14.1 Å². The van der Waals surface area contributed by atoms with E-state index in [1.54, 1.807) is 25.1 Å². The summed E-state index contributed by atoms with van der Waals surface area (Å²) in [5, 5.41) is 9.51. The zero-order valence-electron chi connectivity index (χ0n) is 18.4. The van der Waals surface area contributed by atoms with Crippen molar-refractivity contribution >= 4 is 17.7 Å². The summed E-state index contributed by atoms with van der Waals surface area (Å²) in [6, 6.07) is 11.4. The number of aromatic nitrogens is 3. The van der Waals surface area contributed by atoms with Crippen LogP contribution in [-0.2, 0) is 4.79 Å². The first-order chi connectivity index (χ1) is 15.2. The second kappa shape index (κ2) is 11.6. The Morgan fingerprint density at radius 3 is 2.58 bits per heavy atom. The van der Waals surface area contributed by atoms with Gasteiger partial charge in [0, 0.05) is 25.3 Å². The van der Waals surface area contributed by atoms with Crippen molar-refractivity contribution in [1.29, 1.82) is 0 Å². The van der Waals surface area contributed by atoms with Crippen LogP contribution in [0.5, 0.6) is 5.75 Å². The highest BCUT2D eigenvalue weighted by molar-refractivity contribution is 7.99. The molecule has 7 nitrogen and oxygen atoms in total. The topological polar surface area (TPSA) is 73.4 Å². The molecule has 0 aliphatic carbocycles. The predicted octanol–water partition coefficient (Wildman–Crippen LogP) is 5.06. The molecule has 0 fully saturated rings. The monoisotopic (exact) mass is 442 g/mol. The summed E-state index contributed by atoms with van der Waals surface area (Å²) in [4.78, 5) is 14.5. The van der Waals surface area contributed by atoms with E-state index in [0.717, 1.165) is 54.7 Å². The van der Waals surface area contributed by atoms with Crippen molar-refractivity contribution in [3.63, 3.8) is 0 Å². The lowest BCUT2D eigenvalue weighted by Crippen LogP contribution is -2.32. The molecule has 0 unspecified atom stereocenters. The van der Waals surface area contributed by atoms with Gasteiger partial charge in [0.1, 0.15) is 5.75 Å². The first kappa shape index (κ1) is 22.9. The predicted molar refractivity (Wildman–Crippen MR) is 123 cm³/mol. The molecule has 0 saturated heterocycles. The van der Waals surface area contributed by atoms with E-state index < -0.39 is 0 Å². The fourth-order valence-corrected chi connectivity index (χ4v) is 4.29. The maximum Gasteiger partial charge on any atom is 0.222 e. The van der Waals surface area contributed by atoms with Crippen LogP contribution in [0.25, 0.3) is 17.3 Å². The molecular weight excluding hydrogens is 412 g/mol. The number of rotatable bonds is 12. The van der Waals surface area contributed by atoms with Crippen LogP contribution in [0.4, 0.5) is 0 Å². The fourth-order valence-electron chi connectivity index (χ4n) is 3.41. The number of hydrogen-bond donors (Lipinski definition) is 0. The molecule has 3 rings (SSSR count). The van der Waals surface area contributed by atoms with Crippen molar-refractivity contribution in [3.8, 4) is 23.0 Å². The molecule has 2 heterocycles. The van der Waals surface area contributed by atoms with Gasteiger partial charge in [-0.3, -0.25) is 9.36 Å². The quantitative estimate of drug-likeness (QED) is 0.288. The Morgan fingerprint density at radius 1 is 1.13 bits per heavy atom. The number of furan rings is 1. The maximum absolute atomic E-state index is 12.5. The molecule has 0 spiro atoms. The fraction of sp³-hybridized carbons (Fsp3) is 0.435. The Balaban J connectivity index is 1.74. The maximum atomic E-state index is 12.5. The molecule has 31 heavy (non-hydrogen) atoms. The molecule has 8 heteroatoms. The van der Waals surface area contributed by atoms with Crippen molar-refractivity contribution in [1.82, 2.24) is 19.7 Å². The van der Waals surface area contributed by atoms with Crippen molar-refractivity contribution in [2.75, 3.05) is 26.0 Å². The highest BCUT2D eigenvalue weighted by Gasteiger charge is 2.20. The number of methoxy groups -OCH3 is 1. The minimum absolute atomic E-state index is 0.228. The van der Waals surface area contributed by atoms with Crippen LogP contribution in [0.2, 0.25) is 0 Å². The number of carbonyl (C=O) groups is 1. The summed E-state index contributed by atoms with van der Waals surface area (Å²) in [6.07, 6.45) is 4.91. The Hall–Kier alpha value is -2.74. The summed E-state index contributed by atoms with van der Waals surface area (Å²) < 4.78 is 13.1. The normalized spacial score (nSPS) is 10.9. The van der Waals surface area contributed by atoms with Gasteiger partial charge >= 0.3 is 0 Å². The highest BCUT2D eigenvalue weighted by Crippen LogP contribution is 2.32. The SMILES string of the molecule is CCCN(CCC)C(=O)CCCSc1nnc(-c2ccco2)n1-c1ccccc1OC. The van der Waals surface area contributed by atoms with E-state index in [0.29, 0.717) is 18.0 Å². The zero-order chi connectivity index (χ0) is 22.1. The summed E-state index contributed by atoms with van der Waals surface area (Å²) in [5.74, 6) is 2.97. The van der Waals surface area contributed by atoms with Crippen molar-refractivity contribution in [2.45, 2.75) is 44.7 Å². The van der Waals surface area contributed by atoms with Gasteiger partial charge in [0.25, 0.3) is 0 Å². The van der Waals surface area contributed by atoms with Crippen molar-refractivity contribution in [3.05, 3.63) is 42.7 Å². The molecule has 0 bridgehead atoms. The second-order valence-electron chi connectivity index (χ2n) is 7.12. The van der Waals surface area contributed by atoms with Crippen molar-refractivity contribution < 1.29 is 13.9 Å². The molecule has 1 amide bonds. The lowest BCUT2D eigenvalue weighted by atomic mass is 10.2. The van der Waals surface area contributed by atoms with E-state index in [-0.39, 0.29) is 5.91 Å². The van der Waals surface area contributed by atoms with Gasteiger partial charge in [0.05, 0.1) is 19.1 Å². The third-order valence-electron chi connectivity index (χ3n) is 4.81. The molecule has 0 N–H and O–H groups in total. The van der Waals surface area contributed by atoms with E-state index in [9.17, 15) is 4.79 Å². The number of hydrogen-bond acceptors (Lipinski definition) is 6. The van der Waals surface area contributed by atoms with E-state index in [2.05, 4.69) is 24.0 Å². The largest absolute Gasteiger partial charge is 0.495 e. The van der Waals surface area contributed by atoms with Gasteiger partial charge in [-0.2, -0.15) is 0 Å². The minimum Gasteiger partial charge on any atom is -0.495 e. The average molecular weight is 443 g/mol. The third-order valence-corrected chi connectivity index (χ3v) is 5.82. The Bertz CT molecular complexity index is 950. The Kier molecular flexibility index (Phi) is 8.58. The van der Waals surface area contributed by atoms with Gasteiger partial charge in [-0.15, -0.1) is 10.2 Å². The van der Waals surface area contributed by atoms with E-state index >= 15 is 0 Å². The summed E-state index contributed by atoms with van der Waals surface area (Å²) in [7, 11) is 1.65. The Labute approximate surface area is 187 Å². The number of ether oxygens (including phenoxy) is 1. The highest BCUT2D eigenvalue weighted by atomic mass is 32.2. The number of amides is 1. The summed E-state index contributed by atoms with van der Waals surface area (Å²) >= 11 is 1.58. The van der Waals surface area contributed by atoms with Crippen LogP contribution in [0.1, 0.15) is 39.5 Å². The van der Waals surface area contributed by atoms with Crippen LogP contribution in [0.15, 0.2) is 52.2 Å². The molecule has 3 aromatic rings. The standard InChI is InChI=1S/C23H30N4O3S/c1-4-14-26(15-5-2)21(28)13-9-17-31-23-25-24-22(20-12-8-16-30-20)27(23)18-10-6-7-11-19(18)29-3/h6-8,10-12,16H,4-5,9,13-15,17H2,1-3H3. The number of para-hydroxylation sites is 2. The molecule has 0 atom stereocenters. The van der Waals surface area contributed by atoms with Gasteiger partial charge in [-0.25, -0.2) is 0 Å². The second-order valence-corrected chi connectivity index (χ2v) is 8.19.